The van der Waals surface area contributed by atoms with Crippen LogP contribution < -0.4 is 14.7 Å². The number of nitrogens with zero attached hydrogens (tertiary/aromatic N) is 6. The van der Waals surface area contributed by atoms with E-state index in [2.05, 4.69) is 24.7 Å². The summed E-state index contributed by atoms with van der Waals surface area (Å²) in [5, 5.41) is 0. The van der Waals surface area contributed by atoms with Gasteiger partial charge in [-0.15, -0.1) is 0 Å². The summed E-state index contributed by atoms with van der Waals surface area (Å²) in [5.74, 6) is 2.25. The number of piperazine rings is 1. The molecule has 0 radical (unpaired) electrons. The second kappa shape index (κ2) is 7.41. The van der Waals surface area contributed by atoms with Crippen molar-refractivity contribution in [3.8, 4) is 0 Å². The Morgan fingerprint density at radius 3 is 2.27 bits per heavy atom. The van der Waals surface area contributed by atoms with Crippen molar-refractivity contribution in [1.29, 1.82) is 0 Å². The first-order valence-corrected chi connectivity index (χ1v) is 8.99. The lowest BCUT2D eigenvalue weighted by atomic mass is 10.3. The third kappa shape index (κ3) is 3.70. The third-order valence-electron chi connectivity index (χ3n) is 4.76. The van der Waals surface area contributed by atoms with Gasteiger partial charge >= 0.3 is 0 Å². The van der Waals surface area contributed by atoms with Gasteiger partial charge in [-0.25, -0.2) is 14.4 Å². The lowest BCUT2D eigenvalue weighted by Gasteiger charge is -2.36. The van der Waals surface area contributed by atoms with Crippen LogP contribution in [-0.4, -0.2) is 67.4 Å². The van der Waals surface area contributed by atoms with Crippen LogP contribution in [0.25, 0.3) is 0 Å². The Hall–Kier alpha value is -2.48. The number of aromatic nitrogens is 3. The highest BCUT2D eigenvalue weighted by Crippen LogP contribution is 2.21. The van der Waals surface area contributed by atoms with E-state index in [1.54, 1.807) is 6.07 Å². The van der Waals surface area contributed by atoms with E-state index in [0.29, 0.717) is 0 Å². The first-order chi connectivity index (χ1) is 12.7. The fourth-order valence-electron chi connectivity index (χ4n) is 3.32. The first kappa shape index (κ1) is 17.0. The van der Waals surface area contributed by atoms with Crippen molar-refractivity contribution in [1.82, 2.24) is 15.0 Å². The lowest BCUT2D eigenvalue weighted by Crippen LogP contribution is -2.47. The fraction of sp³-hybridized carbons (Fsp3) is 0.500. The van der Waals surface area contributed by atoms with Gasteiger partial charge in [0, 0.05) is 51.0 Å². The molecule has 8 heteroatoms. The first-order valence-electron chi connectivity index (χ1n) is 8.99. The molecule has 4 rings (SSSR count). The molecular weight excluding hydrogens is 335 g/mol. The van der Waals surface area contributed by atoms with Gasteiger partial charge in [0.15, 0.2) is 0 Å². The molecule has 7 nitrogen and oxygen atoms in total. The highest BCUT2D eigenvalue weighted by atomic mass is 19.1. The number of hydrogen-bond donors (Lipinski definition) is 0. The van der Waals surface area contributed by atoms with E-state index in [1.165, 1.54) is 12.3 Å². The van der Waals surface area contributed by atoms with Crippen molar-refractivity contribution in [3.63, 3.8) is 0 Å². The SMILES string of the molecule is Cc1cc(N2CCOCC2)nc(N2CCN(c3ccc(F)cn3)CC2)n1. The molecule has 0 unspecified atom stereocenters. The predicted octanol–water partition coefficient (Wildman–Crippen LogP) is 1.48. The van der Waals surface area contributed by atoms with Crippen molar-refractivity contribution < 1.29 is 9.13 Å². The quantitative estimate of drug-likeness (QED) is 0.824. The van der Waals surface area contributed by atoms with Gasteiger partial charge in [-0.1, -0.05) is 0 Å². The molecule has 4 heterocycles. The van der Waals surface area contributed by atoms with Crippen molar-refractivity contribution in [3.05, 3.63) is 35.9 Å². The molecule has 2 aliphatic rings. The molecule has 2 aromatic heterocycles. The molecular formula is C18H23FN6O. The second-order valence-electron chi connectivity index (χ2n) is 6.58. The van der Waals surface area contributed by atoms with E-state index >= 15 is 0 Å². The second-order valence-corrected chi connectivity index (χ2v) is 6.58. The molecule has 26 heavy (non-hydrogen) atoms. The molecule has 2 aromatic rings. The van der Waals surface area contributed by atoms with Crippen molar-refractivity contribution in [2.24, 2.45) is 0 Å². The summed E-state index contributed by atoms with van der Waals surface area (Å²) in [5.41, 5.74) is 0.971. The highest BCUT2D eigenvalue weighted by molar-refractivity contribution is 5.48. The smallest absolute Gasteiger partial charge is 0.227 e. The minimum Gasteiger partial charge on any atom is -0.378 e. The van der Waals surface area contributed by atoms with Crippen LogP contribution in [0.5, 0.6) is 0 Å². The largest absolute Gasteiger partial charge is 0.378 e. The minimum atomic E-state index is -0.309. The van der Waals surface area contributed by atoms with E-state index < -0.39 is 0 Å². The summed E-state index contributed by atoms with van der Waals surface area (Å²) in [4.78, 5) is 20.2. The Kier molecular flexibility index (Phi) is 4.83. The fourth-order valence-corrected chi connectivity index (χ4v) is 3.32. The number of rotatable bonds is 3. The Labute approximate surface area is 152 Å². The van der Waals surface area contributed by atoms with Crippen LogP contribution in [0.4, 0.5) is 22.0 Å². The van der Waals surface area contributed by atoms with Crippen molar-refractivity contribution >= 4 is 17.6 Å². The Morgan fingerprint density at radius 2 is 1.58 bits per heavy atom. The molecule has 2 aliphatic heterocycles. The summed E-state index contributed by atoms with van der Waals surface area (Å²) in [6, 6.07) is 5.21. The summed E-state index contributed by atoms with van der Waals surface area (Å²) in [6.45, 7) is 8.44. The molecule has 138 valence electrons. The molecule has 0 N–H and O–H groups in total. The van der Waals surface area contributed by atoms with Crippen molar-refractivity contribution in [2.45, 2.75) is 6.92 Å². The summed E-state index contributed by atoms with van der Waals surface area (Å²) < 4.78 is 18.5. The molecule has 0 spiro atoms. The maximum Gasteiger partial charge on any atom is 0.227 e. The molecule has 0 amide bonds. The summed E-state index contributed by atoms with van der Waals surface area (Å²) >= 11 is 0. The predicted molar refractivity (Wildman–Crippen MR) is 98.4 cm³/mol. The van der Waals surface area contributed by atoms with E-state index in [9.17, 15) is 4.39 Å². The number of aryl methyl sites for hydroxylation is 1. The lowest BCUT2D eigenvalue weighted by molar-refractivity contribution is 0.122. The topological polar surface area (TPSA) is 57.6 Å². The van der Waals surface area contributed by atoms with Crippen LogP contribution in [-0.2, 0) is 4.74 Å². The highest BCUT2D eigenvalue weighted by Gasteiger charge is 2.22. The van der Waals surface area contributed by atoms with E-state index in [0.717, 1.165) is 75.8 Å². The van der Waals surface area contributed by atoms with Gasteiger partial charge in [-0.2, -0.15) is 4.98 Å². The van der Waals surface area contributed by atoms with Gasteiger partial charge in [-0.3, -0.25) is 0 Å². The average Bonchev–Trinajstić information content (AvgIpc) is 2.69. The Morgan fingerprint density at radius 1 is 0.885 bits per heavy atom. The molecule has 0 bridgehead atoms. The Balaban J connectivity index is 1.45. The zero-order valence-electron chi connectivity index (χ0n) is 14.9. The maximum atomic E-state index is 13.0. The van der Waals surface area contributed by atoms with Gasteiger partial charge in [0.05, 0.1) is 19.4 Å². The van der Waals surface area contributed by atoms with Crippen LogP contribution >= 0.6 is 0 Å². The minimum absolute atomic E-state index is 0.309. The summed E-state index contributed by atoms with van der Waals surface area (Å²) in [7, 11) is 0. The van der Waals surface area contributed by atoms with Gasteiger partial charge in [-0.05, 0) is 19.1 Å². The monoisotopic (exact) mass is 358 g/mol. The van der Waals surface area contributed by atoms with E-state index in [4.69, 9.17) is 9.72 Å². The van der Waals surface area contributed by atoms with Crippen LogP contribution in [0.3, 0.4) is 0 Å². The third-order valence-corrected chi connectivity index (χ3v) is 4.76. The molecule has 0 atom stereocenters. The zero-order valence-corrected chi connectivity index (χ0v) is 14.9. The van der Waals surface area contributed by atoms with E-state index in [-0.39, 0.29) is 5.82 Å². The number of pyridine rings is 1. The maximum absolute atomic E-state index is 13.0. The van der Waals surface area contributed by atoms with Gasteiger partial charge < -0.3 is 19.4 Å². The van der Waals surface area contributed by atoms with Gasteiger partial charge in [0.1, 0.15) is 17.5 Å². The van der Waals surface area contributed by atoms with Crippen LogP contribution in [0.1, 0.15) is 5.69 Å². The molecule has 2 fully saturated rings. The molecule has 0 aliphatic carbocycles. The number of halogens is 1. The van der Waals surface area contributed by atoms with Crippen molar-refractivity contribution in [2.75, 3.05) is 67.2 Å². The van der Waals surface area contributed by atoms with Crippen LogP contribution in [0.15, 0.2) is 24.4 Å². The number of ether oxygens (including phenoxy) is 1. The number of anilines is 3. The molecule has 0 aromatic carbocycles. The van der Waals surface area contributed by atoms with E-state index in [1.807, 2.05) is 13.0 Å². The van der Waals surface area contributed by atoms with Crippen LogP contribution in [0, 0.1) is 12.7 Å². The normalized spacial score (nSPS) is 18.3. The standard InChI is InChI=1S/C18H23FN6O/c1-14-12-17(24-8-10-26-11-9-24)22-18(21-14)25-6-4-23(5-7-25)16-3-2-15(19)13-20-16/h2-3,12-13H,4-11H2,1H3. The van der Waals surface area contributed by atoms with Crippen LogP contribution in [0.2, 0.25) is 0 Å². The Bertz CT molecular complexity index is 742. The van der Waals surface area contributed by atoms with Gasteiger partial charge in [0.2, 0.25) is 5.95 Å². The number of hydrogen-bond acceptors (Lipinski definition) is 7. The molecule has 2 saturated heterocycles. The average molecular weight is 358 g/mol. The zero-order chi connectivity index (χ0) is 17.9. The molecule has 0 saturated carbocycles. The summed E-state index contributed by atoms with van der Waals surface area (Å²) in [6.07, 6.45) is 1.26. The number of morpholine rings is 1. The van der Waals surface area contributed by atoms with Gasteiger partial charge in [0.25, 0.3) is 0 Å².